The van der Waals surface area contributed by atoms with Crippen molar-refractivity contribution in [1.29, 1.82) is 0 Å². The number of benzene rings is 1. The first-order valence-electron chi connectivity index (χ1n) is 9.16. The summed E-state index contributed by atoms with van der Waals surface area (Å²) in [6, 6.07) is 6.78. The van der Waals surface area contributed by atoms with Crippen LogP contribution in [0, 0.1) is 6.57 Å². The molecule has 1 aromatic carbocycles. The van der Waals surface area contributed by atoms with Gasteiger partial charge in [-0.3, -0.25) is 0 Å². The minimum absolute atomic E-state index is 0.278. The van der Waals surface area contributed by atoms with Crippen LogP contribution in [0.1, 0.15) is 45.6 Å². The first kappa shape index (κ1) is 17.5. The van der Waals surface area contributed by atoms with E-state index in [4.69, 9.17) is 11.0 Å². The van der Waals surface area contributed by atoms with Gasteiger partial charge >= 0.3 is 0 Å². The highest BCUT2D eigenvalue weighted by Crippen LogP contribution is 2.43. The molecule has 0 spiro atoms. The normalized spacial score (nSPS) is 24.1. The number of nitrogens with zero attached hydrogens (tertiary/aromatic N) is 2. The van der Waals surface area contributed by atoms with Crippen molar-refractivity contribution in [3.8, 4) is 0 Å². The zero-order valence-corrected chi connectivity index (χ0v) is 16.7. The van der Waals surface area contributed by atoms with Crippen molar-refractivity contribution in [3.05, 3.63) is 35.2 Å². The van der Waals surface area contributed by atoms with E-state index in [1.165, 1.54) is 17.7 Å². The topological polar surface area (TPSA) is 16.8 Å². The molecule has 130 valence electrons. The van der Waals surface area contributed by atoms with Crippen LogP contribution in [0.5, 0.6) is 0 Å². The molecule has 24 heavy (non-hydrogen) atoms. The minimum atomic E-state index is -1.66. The zero-order valence-electron chi connectivity index (χ0n) is 15.7. The van der Waals surface area contributed by atoms with E-state index in [1.807, 2.05) is 6.07 Å². The van der Waals surface area contributed by atoms with E-state index in [9.17, 15) is 0 Å². The Morgan fingerprint density at radius 2 is 1.96 bits per heavy atom. The first-order valence-corrected chi connectivity index (χ1v) is 12.1. The van der Waals surface area contributed by atoms with Crippen LogP contribution in [0.25, 0.3) is 4.85 Å². The smallest absolute Gasteiger partial charge is 0.192 e. The van der Waals surface area contributed by atoms with Crippen LogP contribution in [0.2, 0.25) is 18.1 Å². The van der Waals surface area contributed by atoms with Gasteiger partial charge < -0.3 is 9.33 Å². The number of rotatable bonds is 3. The van der Waals surface area contributed by atoms with Gasteiger partial charge in [-0.05, 0) is 55.4 Å². The molecule has 0 atom stereocenters. The summed E-state index contributed by atoms with van der Waals surface area (Å²) < 4.78 is 6.56. The van der Waals surface area contributed by atoms with Crippen molar-refractivity contribution in [1.82, 2.24) is 0 Å². The van der Waals surface area contributed by atoms with Gasteiger partial charge in [-0.25, -0.2) is 4.85 Å². The number of hydrogen-bond donors (Lipinski definition) is 0. The maximum atomic E-state index is 7.27. The number of fused-ring (bicyclic) bond motifs is 1. The monoisotopic (exact) mass is 342 g/mol. The lowest BCUT2D eigenvalue weighted by Gasteiger charge is -2.50. The summed E-state index contributed by atoms with van der Waals surface area (Å²) in [6.07, 6.45) is 5.04. The minimum Gasteiger partial charge on any atom is -0.414 e. The van der Waals surface area contributed by atoms with E-state index in [-0.39, 0.29) is 5.04 Å². The van der Waals surface area contributed by atoms with Crippen molar-refractivity contribution in [2.24, 2.45) is 0 Å². The van der Waals surface area contributed by atoms with Crippen molar-refractivity contribution in [2.75, 3.05) is 11.4 Å². The standard InChI is InChI=1S/C20H30N2OSi/c1-20(2,3)24(5,6)23-18-13-17(14-18)22-11-7-8-15-9-10-16(21-4)12-19(15)22/h9-10,12,17-18H,7-8,11,13-14H2,1-3,5-6H3. The highest BCUT2D eigenvalue weighted by Gasteiger charge is 2.44. The Labute approximate surface area is 148 Å². The maximum absolute atomic E-state index is 7.27. The van der Waals surface area contributed by atoms with Crippen LogP contribution in [-0.4, -0.2) is 27.0 Å². The fourth-order valence-corrected chi connectivity index (χ4v) is 4.90. The Hall–Kier alpha value is -1.31. The van der Waals surface area contributed by atoms with E-state index in [1.54, 1.807) is 0 Å². The highest BCUT2D eigenvalue weighted by atomic mass is 28.4. The number of anilines is 1. The average molecular weight is 343 g/mol. The SMILES string of the molecule is [C-]#[N+]c1ccc2c(c1)N(C1CC(O[Si](C)(C)C(C)(C)C)C1)CCC2. The lowest BCUT2D eigenvalue weighted by atomic mass is 9.86. The number of hydrogen-bond acceptors (Lipinski definition) is 2. The quantitative estimate of drug-likeness (QED) is 0.529. The first-order chi connectivity index (χ1) is 11.2. The van der Waals surface area contributed by atoms with Crippen LogP contribution < -0.4 is 4.90 Å². The van der Waals surface area contributed by atoms with Crippen LogP contribution >= 0.6 is 0 Å². The van der Waals surface area contributed by atoms with Gasteiger partial charge in [0, 0.05) is 24.4 Å². The molecule has 0 amide bonds. The second-order valence-corrected chi connectivity index (χ2v) is 13.6. The Morgan fingerprint density at radius 1 is 1.25 bits per heavy atom. The van der Waals surface area contributed by atoms with Gasteiger partial charge in [-0.1, -0.05) is 32.9 Å². The van der Waals surface area contributed by atoms with Crippen molar-refractivity contribution < 1.29 is 4.43 Å². The van der Waals surface area contributed by atoms with Crippen LogP contribution in [-0.2, 0) is 10.8 Å². The molecule has 3 nitrogen and oxygen atoms in total. The average Bonchev–Trinajstić information content (AvgIpc) is 2.48. The largest absolute Gasteiger partial charge is 0.414 e. The Balaban J connectivity index is 1.67. The van der Waals surface area contributed by atoms with Gasteiger partial charge in [0.1, 0.15) is 0 Å². The van der Waals surface area contributed by atoms with Gasteiger partial charge in [0.05, 0.1) is 6.57 Å². The van der Waals surface area contributed by atoms with Gasteiger partial charge in [0.15, 0.2) is 14.0 Å². The molecule has 0 aromatic heterocycles. The third-order valence-electron chi connectivity index (χ3n) is 6.13. The summed E-state index contributed by atoms with van der Waals surface area (Å²) >= 11 is 0. The van der Waals surface area contributed by atoms with E-state index in [2.05, 4.69) is 55.7 Å². The summed E-state index contributed by atoms with van der Waals surface area (Å²) in [4.78, 5) is 6.15. The predicted octanol–water partition coefficient (Wildman–Crippen LogP) is 5.54. The fourth-order valence-electron chi connectivity index (χ4n) is 3.52. The molecule has 0 saturated heterocycles. The Morgan fingerprint density at radius 3 is 2.58 bits per heavy atom. The molecule has 1 aromatic rings. The van der Waals surface area contributed by atoms with E-state index >= 15 is 0 Å². The Kier molecular flexibility index (Phi) is 4.52. The van der Waals surface area contributed by atoms with Crippen molar-refractivity contribution in [3.63, 3.8) is 0 Å². The maximum Gasteiger partial charge on any atom is 0.192 e. The molecule has 0 unspecified atom stereocenters. The second kappa shape index (κ2) is 6.20. The van der Waals surface area contributed by atoms with E-state index < -0.39 is 8.32 Å². The fraction of sp³-hybridized carbons (Fsp3) is 0.650. The third kappa shape index (κ3) is 3.25. The third-order valence-corrected chi connectivity index (χ3v) is 10.7. The van der Waals surface area contributed by atoms with Gasteiger partial charge in [-0.2, -0.15) is 0 Å². The molecule has 1 aliphatic heterocycles. The lowest BCUT2D eigenvalue weighted by molar-refractivity contribution is 0.0821. The predicted molar refractivity (Wildman–Crippen MR) is 103 cm³/mol. The van der Waals surface area contributed by atoms with Gasteiger partial charge in [0.25, 0.3) is 0 Å². The zero-order chi connectivity index (χ0) is 17.5. The van der Waals surface area contributed by atoms with E-state index in [0.717, 1.165) is 31.5 Å². The molecule has 3 rings (SSSR count). The summed E-state index contributed by atoms with van der Waals surface area (Å²) in [7, 11) is -1.66. The molecule has 0 bridgehead atoms. The molecule has 1 fully saturated rings. The Bertz CT molecular complexity index is 651. The molecule has 4 heteroatoms. The molecule has 1 saturated carbocycles. The van der Waals surface area contributed by atoms with Crippen LogP contribution in [0.15, 0.2) is 18.2 Å². The van der Waals surface area contributed by atoms with Crippen molar-refractivity contribution in [2.45, 2.75) is 76.7 Å². The van der Waals surface area contributed by atoms with Crippen LogP contribution in [0.3, 0.4) is 0 Å². The summed E-state index contributed by atoms with van der Waals surface area (Å²) in [6.45, 7) is 20.0. The summed E-state index contributed by atoms with van der Waals surface area (Å²) in [5.74, 6) is 0. The molecule has 0 radical (unpaired) electrons. The van der Waals surface area contributed by atoms with E-state index in [0.29, 0.717) is 12.1 Å². The molecule has 1 aliphatic carbocycles. The molecule has 2 aliphatic rings. The summed E-state index contributed by atoms with van der Waals surface area (Å²) in [5.41, 5.74) is 3.46. The van der Waals surface area contributed by atoms with Gasteiger partial charge in [0.2, 0.25) is 0 Å². The molecular formula is C20H30N2OSi. The lowest BCUT2D eigenvalue weighted by Crippen LogP contribution is -2.54. The highest BCUT2D eigenvalue weighted by molar-refractivity contribution is 6.74. The number of aryl methyl sites for hydroxylation is 1. The summed E-state index contributed by atoms with van der Waals surface area (Å²) in [5, 5.41) is 0.278. The van der Waals surface area contributed by atoms with Gasteiger partial charge in [-0.15, -0.1) is 0 Å². The molecule has 1 heterocycles. The second-order valence-electron chi connectivity index (χ2n) is 8.85. The molecular weight excluding hydrogens is 312 g/mol. The van der Waals surface area contributed by atoms with Crippen molar-refractivity contribution >= 4 is 19.7 Å². The van der Waals surface area contributed by atoms with Crippen LogP contribution in [0.4, 0.5) is 11.4 Å². The molecule has 0 N–H and O–H groups in total.